The maximum atomic E-state index is 12.9. The van der Waals surface area contributed by atoms with Crippen LogP contribution in [0.2, 0.25) is 0 Å². The third kappa shape index (κ3) is 4.36. The normalized spacial score (nSPS) is 19.6. The molecule has 2 aromatic rings. The number of hydrogen-bond acceptors (Lipinski definition) is 6. The molecular weight excluding hydrogens is 423 g/mol. The standard InChI is InChI=1S/C22H26F3N5O2/c1-13-16-5-3-9-30(15-4-2-8-29(11-15)12-19(26)32)21(16)28-27-20(13)17-7-6-14(10-18(17)31)22(23,24)25/h6-7,10,15,31H,2-5,8-9,11-12H2,1H3,(H2,26,32)/t15-/m1/s1. The van der Waals surface area contributed by atoms with E-state index in [2.05, 4.69) is 20.0 Å². The summed E-state index contributed by atoms with van der Waals surface area (Å²) in [5.41, 5.74) is 6.86. The van der Waals surface area contributed by atoms with Crippen LogP contribution in [0.25, 0.3) is 11.3 Å². The lowest BCUT2D eigenvalue weighted by Gasteiger charge is -2.42. The molecule has 3 N–H and O–H groups in total. The molecule has 172 valence electrons. The van der Waals surface area contributed by atoms with Gasteiger partial charge in [-0.3, -0.25) is 9.69 Å². The van der Waals surface area contributed by atoms with Crippen LogP contribution in [0.15, 0.2) is 18.2 Å². The van der Waals surface area contributed by atoms with E-state index in [-0.39, 0.29) is 24.1 Å². The summed E-state index contributed by atoms with van der Waals surface area (Å²) in [6, 6.07) is 3.08. The van der Waals surface area contributed by atoms with Crippen LogP contribution in [-0.4, -0.2) is 58.3 Å². The van der Waals surface area contributed by atoms with Gasteiger partial charge < -0.3 is 15.7 Å². The number of phenols is 1. The maximum absolute atomic E-state index is 12.9. The first kappa shape index (κ1) is 22.3. The number of halogens is 3. The molecule has 2 aliphatic rings. The predicted octanol–water partition coefficient (Wildman–Crippen LogP) is 2.88. The number of carbonyl (C=O) groups excluding carboxylic acids is 1. The highest BCUT2D eigenvalue weighted by Gasteiger charge is 2.33. The van der Waals surface area contributed by atoms with E-state index in [1.165, 1.54) is 6.07 Å². The lowest BCUT2D eigenvalue weighted by molar-refractivity contribution is -0.137. The van der Waals surface area contributed by atoms with Gasteiger partial charge in [0, 0.05) is 30.3 Å². The zero-order valence-corrected chi connectivity index (χ0v) is 17.8. The first-order chi connectivity index (χ1) is 15.1. The van der Waals surface area contributed by atoms with Gasteiger partial charge in [0.25, 0.3) is 0 Å². The maximum Gasteiger partial charge on any atom is 0.416 e. The number of aromatic nitrogens is 2. The summed E-state index contributed by atoms with van der Waals surface area (Å²) in [5.74, 6) is -0.0460. The largest absolute Gasteiger partial charge is 0.507 e. The number of likely N-dealkylation sites (tertiary alicyclic amines) is 1. The van der Waals surface area contributed by atoms with Crippen molar-refractivity contribution in [1.29, 1.82) is 0 Å². The SMILES string of the molecule is Cc1c(-c2ccc(C(F)(F)F)cc2O)nnc2c1CCCN2[C@@H]1CCCN(CC(N)=O)C1. The average Bonchev–Trinajstić information content (AvgIpc) is 2.73. The quantitative estimate of drug-likeness (QED) is 0.745. The Morgan fingerprint density at radius 3 is 2.72 bits per heavy atom. The number of nitrogens with two attached hydrogens (primary N) is 1. The summed E-state index contributed by atoms with van der Waals surface area (Å²) in [6.45, 7) is 4.46. The molecule has 1 atom stereocenters. The van der Waals surface area contributed by atoms with E-state index in [9.17, 15) is 23.1 Å². The Kier molecular flexibility index (Phi) is 5.98. The zero-order valence-electron chi connectivity index (χ0n) is 17.8. The highest BCUT2D eigenvalue weighted by Crippen LogP contribution is 2.39. The Labute approximate surface area is 184 Å². The van der Waals surface area contributed by atoms with Crippen LogP contribution in [0.5, 0.6) is 5.75 Å². The fourth-order valence-corrected chi connectivity index (χ4v) is 4.77. The lowest BCUT2D eigenvalue weighted by atomic mass is 9.94. The van der Waals surface area contributed by atoms with Crippen molar-refractivity contribution in [2.45, 2.75) is 44.8 Å². The number of fused-ring (bicyclic) bond motifs is 1. The number of benzene rings is 1. The molecule has 0 radical (unpaired) electrons. The number of alkyl halides is 3. The summed E-state index contributed by atoms with van der Waals surface area (Å²) in [4.78, 5) is 15.6. The van der Waals surface area contributed by atoms with Gasteiger partial charge in [-0.05, 0) is 62.9 Å². The van der Waals surface area contributed by atoms with E-state index >= 15 is 0 Å². The Morgan fingerprint density at radius 1 is 1.25 bits per heavy atom. The van der Waals surface area contributed by atoms with Crippen molar-refractivity contribution in [2.75, 3.05) is 31.1 Å². The number of amides is 1. The molecule has 0 aliphatic carbocycles. The van der Waals surface area contributed by atoms with E-state index in [0.717, 1.165) is 67.9 Å². The fraction of sp³-hybridized carbons (Fsp3) is 0.500. The minimum Gasteiger partial charge on any atom is -0.507 e. The second-order valence-corrected chi connectivity index (χ2v) is 8.50. The average molecular weight is 449 g/mol. The molecule has 1 fully saturated rings. The number of hydrogen-bond donors (Lipinski definition) is 2. The topological polar surface area (TPSA) is 95.6 Å². The molecule has 7 nitrogen and oxygen atoms in total. The van der Waals surface area contributed by atoms with Crippen LogP contribution in [0, 0.1) is 6.92 Å². The predicted molar refractivity (Wildman–Crippen MR) is 113 cm³/mol. The third-order valence-corrected chi connectivity index (χ3v) is 6.30. The molecular formula is C22H26F3N5O2. The molecule has 32 heavy (non-hydrogen) atoms. The smallest absolute Gasteiger partial charge is 0.416 e. The Morgan fingerprint density at radius 2 is 2.03 bits per heavy atom. The van der Waals surface area contributed by atoms with Crippen LogP contribution in [0.4, 0.5) is 19.0 Å². The molecule has 0 unspecified atom stereocenters. The van der Waals surface area contributed by atoms with Gasteiger partial charge in [0.15, 0.2) is 5.82 Å². The Bertz CT molecular complexity index is 1030. The number of anilines is 1. The molecule has 2 aliphatic heterocycles. The molecule has 10 heteroatoms. The number of piperidine rings is 1. The van der Waals surface area contributed by atoms with Crippen molar-refractivity contribution in [1.82, 2.24) is 15.1 Å². The van der Waals surface area contributed by atoms with Crippen molar-refractivity contribution >= 4 is 11.7 Å². The van der Waals surface area contributed by atoms with E-state index < -0.39 is 17.5 Å². The highest BCUT2D eigenvalue weighted by atomic mass is 19.4. The summed E-state index contributed by atoms with van der Waals surface area (Å²) in [5, 5.41) is 19.0. The summed E-state index contributed by atoms with van der Waals surface area (Å²) < 4.78 is 38.8. The number of carbonyl (C=O) groups is 1. The van der Waals surface area contributed by atoms with Gasteiger partial charge in [0.05, 0.1) is 17.8 Å². The van der Waals surface area contributed by atoms with Gasteiger partial charge in [0.1, 0.15) is 5.75 Å². The minimum atomic E-state index is -4.53. The first-order valence-electron chi connectivity index (χ1n) is 10.7. The molecule has 1 aromatic carbocycles. The lowest BCUT2D eigenvalue weighted by Crippen LogP contribution is -2.51. The molecule has 0 saturated carbocycles. The number of rotatable bonds is 4. The third-order valence-electron chi connectivity index (χ3n) is 6.30. The molecule has 0 spiro atoms. The van der Waals surface area contributed by atoms with Crippen LogP contribution in [0.3, 0.4) is 0 Å². The van der Waals surface area contributed by atoms with Crippen molar-refractivity contribution in [3.05, 3.63) is 34.9 Å². The van der Waals surface area contributed by atoms with Crippen LogP contribution < -0.4 is 10.6 Å². The molecule has 1 saturated heterocycles. The monoisotopic (exact) mass is 449 g/mol. The Hall–Kier alpha value is -2.88. The van der Waals surface area contributed by atoms with Crippen LogP contribution in [0.1, 0.15) is 36.0 Å². The Balaban J connectivity index is 1.64. The molecule has 0 bridgehead atoms. The van der Waals surface area contributed by atoms with Crippen LogP contribution in [-0.2, 0) is 17.4 Å². The van der Waals surface area contributed by atoms with Gasteiger partial charge in [-0.25, -0.2) is 0 Å². The number of primary amides is 1. The van der Waals surface area contributed by atoms with Gasteiger partial charge >= 0.3 is 6.18 Å². The van der Waals surface area contributed by atoms with E-state index in [1.807, 2.05) is 6.92 Å². The minimum absolute atomic E-state index is 0.182. The summed E-state index contributed by atoms with van der Waals surface area (Å²) in [6.07, 6.45) is -0.927. The second-order valence-electron chi connectivity index (χ2n) is 8.50. The molecule has 4 rings (SSSR count). The van der Waals surface area contributed by atoms with Gasteiger partial charge in [0.2, 0.25) is 5.91 Å². The van der Waals surface area contributed by atoms with Crippen molar-refractivity contribution < 1.29 is 23.1 Å². The number of nitrogens with zero attached hydrogens (tertiary/aromatic N) is 4. The van der Waals surface area contributed by atoms with Crippen molar-refractivity contribution in [3.8, 4) is 17.0 Å². The number of aromatic hydroxyl groups is 1. The van der Waals surface area contributed by atoms with Gasteiger partial charge in [-0.1, -0.05) is 0 Å². The molecule has 3 heterocycles. The molecule has 1 amide bonds. The molecule has 1 aromatic heterocycles. The van der Waals surface area contributed by atoms with E-state index in [1.54, 1.807) is 0 Å². The zero-order chi connectivity index (χ0) is 23.0. The van der Waals surface area contributed by atoms with Gasteiger partial charge in [-0.2, -0.15) is 13.2 Å². The van der Waals surface area contributed by atoms with Gasteiger partial charge in [-0.15, -0.1) is 10.2 Å². The fourth-order valence-electron chi connectivity index (χ4n) is 4.77. The van der Waals surface area contributed by atoms with E-state index in [4.69, 9.17) is 5.73 Å². The highest BCUT2D eigenvalue weighted by molar-refractivity contribution is 5.76. The van der Waals surface area contributed by atoms with E-state index in [0.29, 0.717) is 12.2 Å². The first-order valence-corrected chi connectivity index (χ1v) is 10.7. The summed E-state index contributed by atoms with van der Waals surface area (Å²) >= 11 is 0. The second kappa shape index (κ2) is 8.57. The van der Waals surface area contributed by atoms with Crippen LogP contribution >= 0.6 is 0 Å². The van der Waals surface area contributed by atoms with Crippen molar-refractivity contribution in [3.63, 3.8) is 0 Å². The summed E-state index contributed by atoms with van der Waals surface area (Å²) in [7, 11) is 0. The van der Waals surface area contributed by atoms with Crippen molar-refractivity contribution in [2.24, 2.45) is 5.73 Å². The number of phenolic OH excluding ortho intramolecular Hbond substituents is 1.